The lowest BCUT2D eigenvalue weighted by Gasteiger charge is -2.30. The molecule has 3 aromatic rings. The highest BCUT2D eigenvalue weighted by molar-refractivity contribution is 7.92. The molecule has 0 radical (unpaired) electrons. The summed E-state index contributed by atoms with van der Waals surface area (Å²) in [5.74, 6) is -2.22. The topological polar surface area (TPSA) is 100 Å². The SMILES string of the molecule is COc1ccc(S(=O)(=O)c2c(N)n(C3CCC(F)(F)CC3)c3nccnc23)cc1. The van der Waals surface area contributed by atoms with Crippen LogP contribution in [0.5, 0.6) is 5.75 Å². The molecule has 1 aliphatic rings. The number of ether oxygens (including phenoxy) is 1. The molecule has 1 fully saturated rings. The summed E-state index contributed by atoms with van der Waals surface area (Å²) in [5.41, 5.74) is 6.71. The average Bonchev–Trinajstić information content (AvgIpc) is 3.00. The second kappa shape index (κ2) is 6.94. The Hall–Kier alpha value is -2.75. The number of fused-ring (bicyclic) bond motifs is 1. The summed E-state index contributed by atoms with van der Waals surface area (Å²) in [7, 11) is -2.53. The Bertz CT molecular complexity index is 1150. The van der Waals surface area contributed by atoms with Gasteiger partial charge in [0, 0.05) is 31.3 Å². The molecule has 10 heteroatoms. The number of hydrogen-bond acceptors (Lipinski definition) is 6. The number of aromatic nitrogens is 3. The molecule has 0 atom stereocenters. The van der Waals surface area contributed by atoms with Gasteiger partial charge in [0.25, 0.3) is 0 Å². The second-order valence-corrected chi connectivity index (χ2v) is 8.97. The van der Waals surface area contributed by atoms with Crippen molar-refractivity contribution < 1.29 is 21.9 Å². The zero-order chi connectivity index (χ0) is 20.8. The number of nitrogens with two attached hydrogens (primary N) is 1. The minimum Gasteiger partial charge on any atom is -0.497 e. The molecule has 0 spiro atoms. The fraction of sp³-hybridized carbons (Fsp3) is 0.368. The third-order valence-corrected chi connectivity index (χ3v) is 7.14. The number of methoxy groups -OCH3 is 1. The van der Waals surface area contributed by atoms with Gasteiger partial charge >= 0.3 is 0 Å². The van der Waals surface area contributed by atoms with Crippen LogP contribution in [-0.2, 0) is 9.84 Å². The molecule has 2 heterocycles. The van der Waals surface area contributed by atoms with Gasteiger partial charge < -0.3 is 15.0 Å². The number of benzene rings is 1. The first-order valence-electron chi connectivity index (χ1n) is 9.12. The number of rotatable bonds is 4. The van der Waals surface area contributed by atoms with Gasteiger partial charge in [-0.05, 0) is 37.1 Å². The molecule has 154 valence electrons. The number of nitrogen functional groups attached to an aromatic ring is 1. The lowest BCUT2D eigenvalue weighted by molar-refractivity contribution is -0.0434. The summed E-state index contributed by atoms with van der Waals surface area (Å²) in [6.07, 6.45) is 2.61. The van der Waals surface area contributed by atoms with Gasteiger partial charge in [-0.15, -0.1) is 0 Å². The largest absolute Gasteiger partial charge is 0.497 e. The Morgan fingerprint density at radius 1 is 1.14 bits per heavy atom. The van der Waals surface area contributed by atoms with Gasteiger partial charge in [0.1, 0.15) is 22.0 Å². The van der Waals surface area contributed by atoms with Crippen molar-refractivity contribution in [2.75, 3.05) is 12.8 Å². The Balaban J connectivity index is 1.86. The van der Waals surface area contributed by atoms with Crippen molar-refractivity contribution >= 4 is 26.8 Å². The van der Waals surface area contributed by atoms with Crippen molar-refractivity contribution in [2.45, 2.75) is 47.4 Å². The van der Waals surface area contributed by atoms with Crippen LogP contribution < -0.4 is 10.5 Å². The van der Waals surface area contributed by atoms with E-state index in [1.807, 2.05) is 0 Å². The van der Waals surface area contributed by atoms with Crippen LogP contribution in [0, 0.1) is 0 Å². The molecule has 0 aliphatic heterocycles. The minimum absolute atomic E-state index is 0.0303. The second-order valence-electron chi connectivity index (χ2n) is 7.08. The number of anilines is 1. The normalized spacial score (nSPS) is 17.5. The van der Waals surface area contributed by atoms with E-state index in [1.54, 1.807) is 4.57 Å². The van der Waals surface area contributed by atoms with E-state index in [2.05, 4.69) is 9.97 Å². The van der Waals surface area contributed by atoms with Crippen molar-refractivity contribution in [3.63, 3.8) is 0 Å². The third-order valence-electron chi connectivity index (χ3n) is 5.30. The van der Waals surface area contributed by atoms with Gasteiger partial charge in [0.15, 0.2) is 5.65 Å². The van der Waals surface area contributed by atoms with Crippen LogP contribution in [-0.4, -0.2) is 36.0 Å². The molecule has 1 aliphatic carbocycles. The van der Waals surface area contributed by atoms with Crippen LogP contribution >= 0.6 is 0 Å². The highest BCUT2D eigenvalue weighted by Gasteiger charge is 2.38. The van der Waals surface area contributed by atoms with Crippen LogP contribution in [0.3, 0.4) is 0 Å². The van der Waals surface area contributed by atoms with E-state index >= 15 is 0 Å². The Morgan fingerprint density at radius 3 is 2.38 bits per heavy atom. The monoisotopic (exact) mass is 422 g/mol. The number of alkyl halides is 2. The molecular formula is C19H20F2N4O3S. The average molecular weight is 422 g/mol. The van der Waals surface area contributed by atoms with Crippen molar-refractivity contribution in [1.29, 1.82) is 0 Å². The van der Waals surface area contributed by atoms with Crippen LogP contribution in [0.2, 0.25) is 0 Å². The molecule has 29 heavy (non-hydrogen) atoms. The first-order chi connectivity index (χ1) is 13.7. The predicted molar refractivity (Wildman–Crippen MR) is 103 cm³/mol. The molecule has 4 rings (SSSR count). The summed E-state index contributed by atoms with van der Waals surface area (Å²) in [6, 6.07) is 5.56. The van der Waals surface area contributed by atoms with E-state index in [4.69, 9.17) is 10.5 Å². The van der Waals surface area contributed by atoms with E-state index in [0.717, 1.165) is 0 Å². The van der Waals surface area contributed by atoms with Crippen molar-refractivity contribution in [3.05, 3.63) is 36.7 Å². The van der Waals surface area contributed by atoms with Crippen LogP contribution in [0.1, 0.15) is 31.7 Å². The van der Waals surface area contributed by atoms with E-state index < -0.39 is 15.8 Å². The van der Waals surface area contributed by atoms with Crippen LogP contribution in [0.15, 0.2) is 46.5 Å². The van der Waals surface area contributed by atoms with E-state index in [-0.39, 0.29) is 58.5 Å². The molecule has 1 saturated carbocycles. The van der Waals surface area contributed by atoms with Gasteiger partial charge in [-0.3, -0.25) is 0 Å². The fourth-order valence-electron chi connectivity index (χ4n) is 3.80. The lowest BCUT2D eigenvalue weighted by Crippen LogP contribution is -2.27. The first kappa shape index (κ1) is 19.6. The number of sulfone groups is 1. The molecule has 7 nitrogen and oxygen atoms in total. The molecule has 0 unspecified atom stereocenters. The van der Waals surface area contributed by atoms with Crippen LogP contribution in [0.4, 0.5) is 14.6 Å². The number of halogens is 2. The third kappa shape index (κ3) is 3.31. The van der Waals surface area contributed by atoms with E-state index in [1.165, 1.54) is 43.8 Å². The fourth-order valence-corrected chi connectivity index (χ4v) is 5.30. The van der Waals surface area contributed by atoms with Crippen LogP contribution in [0.25, 0.3) is 11.2 Å². The number of hydrogen-bond donors (Lipinski definition) is 1. The summed E-state index contributed by atoms with van der Waals surface area (Å²) < 4.78 is 60.5. The Labute approximate surface area is 166 Å². The zero-order valence-electron chi connectivity index (χ0n) is 15.7. The molecule has 2 aromatic heterocycles. The van der Waals surface area contributed by atoms with Gasteiger partial charge in [0.2, 0.25) is 15.8 Å². The van der Waals surface area contributed by atoms with Crippen molar-refractivity contribution in [2.24, 2.45) is 0 Å². The molecule has 0 saturated heterocycles. The first-order valence-corrected chi connectivity index (χ1v) is 10.6. The summed E-state index contributed by atoms with van der Waals surface area (Å²) in [5, 5.41) is 0. The molecule has 0 bridgehead atoms. The van der Waals surface area contributed by atoms with Crippen molar-refractivity contribution in [1.82, 2.24) is 14.5 Å². The molecule has 0 amide bonds. The zero-order valence-corrected chi connectivity index (χ0v) is 16.5. The van der Waals surface area contributed by atoms with Gasteiger partial charge in [-0.1, -0.05) is 0 Å². The summed E-state index contributed by atoms with van der Waals surface area (Å²) in [6.45, 7) is 0. The molecule has 1 aromatic carbocycles. The summed E-state index contributed by atoms with van der Waals surface area (Å²) >= 11 is 0. The Morgan fingerprint density at radius 2 is 1.76 bits per heavy atom. The predicted octanol–water partition coefficient (Wildman–Crippen LogP) is 3.61. The Kier molecular flexibility index (Phi) is 4.68. The number of nitrogens with zero attached hydrogens (tertiary/aromatic N) is 3. The molecule has 2 N–H and O–H groups in total. The van der Waals surface area contributed by atoms with Gasteiger partial charge in [-0.2, -0.15) is 0 Å². The molecular weight excluding hydrogens is 402 g/mol. The smallest absolute Gasteiger partial charge is 0.248 e. The minimum atomic E-state index is -4.01. The van der Waals surface area contributed by atoms with Gasteiger partial charge in [-0.25, -0.2) is 27.2 Å². The standard InChI is InChI=1S/C19H20F2N4O3S/c1-28-13-2-4-14(5-3-13)29(26,27)16-15-18(24-11-10-23-15)25(17(16)22)12-6-8-19(20,21)9-7-12/h2-5,10-12H,6-9,22H2,1H3. The van der Waals surface area contributed by atoms with Gasteiger partial charge in [0.05, 0.1) is 12.0 Å². The van der Waals surface area contributed by atoms with E-state index in [9.17, 15) is 17.2 Å². The maximum atomic E-state index is 13.6. The van der Waals surface area contributed by atoms with Crippen molar-refractivity contribution in [3.8, 4) is 5.75 Å². The highest BCUT2D eigenvalue weighted by atomic mass is 32.2. The van der Waals surface area contributed by atoms with E-state index in [0.29, 0.717) is 5.75 Å². The lowest BCUT2D eigenvalue weighted by atomic mass is 9.92. The summed E-state index contributed by atoms with van der Waals surface area (Å²) in [4.78, 5) is 8.34. The highest BCUT2D eigenvalue weighted by Crippen LogP contribution is 2.43. The quantitative estimate of drug-likeness (QED) is 0.690. The maximum absolute atomic E-state index is 13.6. The maximum Gasteiger partial charge on any atom is 0.248 e.